The number of urea groups is 1. The number of carbonyl (C=O) groups excluding carboxylic acids is 3. The van der Waals surface area contributed by atoms with Gasteiger partial charge in [0.2, 0.25) is 11.8 Å². The lowest BCUT2D eigenvalue weighted by Gasteiger charge is -2.55. The van der Waals surface area contributed by atoms with Gasteiger partial charge in [0.25, 0.3) is 0 Å². The highest BCUT2D eigenvalue weighted by molar-refractivity contribution is 5.92. The van der Waals surface area contributed by atoms with Gasteiger partial charge in [-0.05, 0) is 24.5 Å². The average molecular weight is 518 g/mol. The van der Waals surface area contributed by atoms with Gasteiger partial charge >= 0.3 is 12.0 Å². The van der Waals surface area contributed by atoms with Crippen LogP contribution in [-0.4, -0.2) is 80.6 Å². The van der Waals surface area contributed by atoms with Crippen LogP contribution in [0.2, 0.25) is 0 Å². The van der Waals surface area contributed by atoms with Crippen molar-refractivity contribution in [1.29, 1.82) is 0 Å². The van der Waals surface area contributed by atoms with Gasteiger partial charge < -0.3 is 20.2 Å². The van der Waals surface area contributed by atoms with E-state index in [4.69, 9.17) is 6.42 Å². The van der Waals surface area contributed by atoms with E-state index in [1.54, 1.807) is 4.90 Å². The third-order valence-corrected chi connectivity index (χ3v) is 6.93. The fraction of sp³-hybridized carbons (Fsp3) is 0.357. The van der Waals surface area contributed by atoms with Gasteiger partial charge in [-0.3, -0.25) is 14.4 Å². The summed E-state index contributed by atoms with van der Waals surface area (Å²) in [5.41, 5.74) is 1.78. The minimum Gasteiger partial charge on any atom is -0.481 e. The number of carboxylic acids is 1. The van der Waals surface area contributed by atoms with Crippen molar-refractivity contribution in [2.24, 2.45) is 0 Å². The second-order valence-corrected chi connectivity index (χ2v) is 9.32. The van der Waals surface area contributed by atoms with E-state index in [1.807, 2.05) is 67.6 Å². The van der Waals surface area contributed by atoms with Crippen LogP contribution >= 0.6 is 0 Å². The highest BCUT2D eigenvalue weighted by Crippen LogP contribution is 2.33. The van der Waals surface area contributed by atoms with E-state index in [2.05, 4.69) is 11.2 Å². The number of hydrogen-bond donors (Lipinski definition) is 2. The van der Waals surface area contributed by atoms with E-state index in [9.17, 15) is 24.3 Å². The zero-order valence-corrected chi connectivity index (χ0v) is 21.2. The number of terminal acetylenes is 1. The maximum Gasteiger partial charge on any atom is 0.334 e. The largest absolute Gasteiger partial charge is 0.481 e. The number of amides is 4. The van der Waals surface area contributed by atoms with Crippen LogP contribution in [0.3, 0.4) is 0 Å². The molecule has 2 aliphatic rings. The number of fused-ring (bicyclic) bond motifs is 1. The summed E-state index contributed by atoms with van der Waals surface area (Å²) in [6.45, 7) is 1.98. The van der Waals surface area contributed by atoms with Crippen LogP contribution in [0.1, 0.15) is 36.9 Å². The van der Waals surface area contributed by atoms with Gasteiger partial charge in [0, 0.05) is 13.0 Å². The molecule has 0 spiro atoms. The predicted molar refractivity (Wildman–Crippen MR) is 139 cm³/mol. The number of hydrogen-bond acceptors (Lipinski definition) is 5. The Balaban J connectivity index is 1.69. The molecule has 2 saturated heterocycles. The fourth-order valence-corrected chi connectivity index (χ4v) is 5.05. The lowest BCUT2D eigenvalue weighted by molar-refractivity contribution is -0.191. The van der Waals surface area contributed by atoms with Crippen LogP contribution in [0, 0.1) is 12.3 Å². The van der Waals surface area contributed by atoms with Crippen LogP contribution in [-0.2, 0) is 20.9 Å². The second kappa shape index (κ2) is 11.8. The number of carboxylic acid groups (broad SMARTS) is 1. The molecule has 0 aliphatic carbocycles. The quantitative estimate of drug-likeness (QED) is 0.519. The zero-order valence-electron chi connectivity index (χ0n) is 21.2. The molecule has 0 radical (unpaired) electrons. The third kappa shape index (κ3) is 5.63. The molecule has 3 atom stereocenters. The molecule has 10 nitrogen and oxygen atoms in total. The standard InChI is InChI=1S/C28H31N5O5/c1-3-16-30-19-25(34)32-23(14-15-26(35)36)27(37)31(20(2)22-12-8-5-9-13-22)18-24(32)33(30)28(38)29-17-21-10-6-4-7-11-21/h1,4-13,20,23-24H,14-19H2,2H3,(H,29,38)(H,35,36). The Labute approximate surface area is 221 Å². The third-order valence-electron chi connectivity index (χ3n) is 6.93. The smallest absolute Gasteiger partial charge is 0.334 e. The minimum absolute atomic E-state index is 0.0107. The number of aliphatic carboxylic acids is 1. The normalized spacial score (nSPS) is 20.5. The van der Waals surface area contributed by atoms with E-state index in [-0.39, 0.29) is 56.9 Å². The maximum absolute atomic E-state index is 13.7. The van der Waals surface area contributed by atoms with E-state index in [1.165, 1.54) is 14.9 Å². The van der Waals surface area contributed by atoms with Crippen molar-refractivity contribution in [2.75, 3.05) is 19.6 Å². The fourth-order valence-electron chi connectivity index (χ4n) is 5.05. The van der Waals surface area contributed by atoms with Crippen molar-refractivity contribution in [1.82, 2.24) is 25.1 Å². The molecule has 0 saturated carbocycles. The summed E-state index contributed by atoms with van der Waals surface area (Å²) >= 11 is 0. The van der Waals surface area contributed by atoms with Crippen molar-refractivity contribution in [3.8, 4) is 12.3 Å². The Bertz CT molecular complexity index is 1220. The molecule has 0 bridgehead atoms. The van der Waals surface area contributed by atoms with Crippen LogP contribution in [0.5, 0.6) is 0 Å². The van der Waals surface area contributed by atoms with Crippen LogP contribution in [0.25, 0.3) is 0 Å². The Hall–Kier alpha value is -4.36. The van der Waals surface area contributed by atoms with Crippen molar-refractivity contribution in [2.45, 2.75) is 44.6 Å². The Kier molecular flexibility index (Phi) is 8.28. The van der Waals surface area contributed by atoms with Gasteiger partial charge in [0.05, 0.1) is 25.7 Å². The molecule has 38 heavy (non-hydrogen) atoms. The van der Waals surface area contributed by atoms with E-state index in [0.29, 0.717) is 0 Å². The van der Waals surface area contributed by atoms with Gasteiger partial charge in [-0.2, -0.15) is 5.01 Å². The molecule has 2 N–H and O–H groups in total. The molecule has 2 fully saturated rings. The lowest BCUT2D eigenvalue weighted by Crippen LogP contribution is -2.76. The minimum atomic E-state index is -1.07. The first-order valence-corrected chi connectivity index (χ1v) is 12.5. The summed E-state index contributed by atoms with van der Waals surface area (Å²) < 4.78 is 0. The zero-order chi connectivity index (χ0) is 27.2. The number of nitrogens with one attached hydrogen (secondary N) is 1. The first kappa shape index (κ1) is 26.7. The molecule has 10 heteroatoms. The molecule has 0 aromatic heterocycles. The topological polar surface area (TPSA) is 114 Å². The highest BCUT2D eigenvalue weighted by Gasteiger charge is 2.52. The summed E-state index contributed by atoms with van der Waals surface area (Å²) in [4.78, 5) is 55.1. The SMILES string of the molecule is C#CCN1CC(=O)N2C(CCC(=O)O)C(=O)N(C(C)c3ccccc3)CC2N1C(=O)NCc1ccccc1. The Morgan fingerprint density at radius 3 is 2.39 bits per heavy atom. The lowest BCUT2D eigenvalue weighted by atomic mass is 9.98. The number of rotatable bonds is 8. The van der Waals surface area contributed by atoms with Gasteiger partial charge in [0.15, 0.2) is 0 Å². The highest BCUT2D eigenvalue weighted by atomic mass is 16.4. The van der Waals surface area contributed by atoms with E-state index >= 15 is 0 Å². The summed E-state index contributed by atoms with van der Waals surface area (Å²) in [6, 6.07) is 17.0. The molecule has 2 aliphatic heterocycles. The predicted octanol–water partition coefficient (Wildman–Crippen LogP) is 2.05. The van der Waals surface area contributed by atoms with Crippen LogP contribution in [0.4, 0.5) is 4.79 Å². The first-order chi connectivity index (χ1) is 18.3. The maximum atomic E-state index is 13.7. The number of piperazine rings is 1. The summed E-state index contributed by atoms with van der Waals surface area (Å²) in [5, 5.41) is 15.2. The molecule has 4 rings (SSSR count). The van der Waals surface area contributed by atoms with Gasteiger partial charge in [-0.25, -0.2) is 9.80 Å². The number of benzene rings is 2. The first-order valence-electron chi connectivity index (χ1n) is 12.5. The van der Waals surface area contributed by atoms with Crippen LogP contribution < -0.4 is 5.32 Å². The van der Waals surface area contributed by atoms with Crippen molar-refractivity contribution >= 4 is 23.8 Å². The molecule has 198 valence electrons. The molecular weight excluding hydrogens is 486 g/mol. The molecule has 2 aromatic rings. The molecule has 2 heterocycles. The Morgan fingerprint density at radius 1 is 1.11 bits per heavy atom. The number of carbonyl (C=O) groups is 4. The molecule has 2 aromatic carbocycles. The number of nitrogens with zero attached hydrogens (tertiary/aromatic N) is 4. The monoisotopic (exact) mass is 517 g/mol. The Morgan fingerprint density at radius 2 is 1.76 bits per heavy atom. The van der Waals surface area contributed by atoms with Gasteiger partial charge in [-0.1, -0.05) is 66.6 Å². The van der Waals surface area contributed by atoms with Crippen LogP contribution in [0.15, 0.2) is 60.7 Å². The molecular formula is C28H31N5O5. The molecule has 3 unspecified atom stereocenters. The van der Waals surface area contributed by atoms with Crippen molar-refractivity contribution in [3.63, 3.8) is 0 Å². The van der Waals surface area contributed by atoms with Crippen molar-refractivity contribution < 1.29 is 24.3 Å². The second-order valence-electron chi connectivity index (χ2n) is 9.32. The molecule has 4 amide bonds. The van der Waals surface area contributed by atoms with E-state index in [0.717, 1.165) is 11.1 Å². The summed E-state index contributed by atoms with van der Waals surface area (Å²) in [6.07, 6.45) is 4.36. The summed E-state index contributed by atoms with van der Waals surface area (Å²) in [5.74, 6) is 0.710. The number of hydrazine groups is 1. The van der Waals surface area contributed by atoms with Gasteiger partial charge in [-0.15, -0.1) is 6.42 Å². The summed E-state index contributed by atoms with van der Waals surface area (Å²) in [7, 11) is 0. The average Bonchev–Trinajstić information content (AvgIpc) is 2.92. The van der Waals surface area contributed by atoms with Gasteiger partial charge in [0.1, 0.15) is 12.2 Å². The van der Waals surface area contributed by atoms with E-state index < -0.39 is 24.2 Å². The van der Waals surface area contributed by atoms with Crippen molar-refractivity contribution in [3.05, 3.63) is 71.8 Å².